The molecule has 0 spiro atoms. The molecule has 0 atom stereocenters. The number of hydrogen-bond donors (Lipinski definition) is 2. The second kappa shape index (κ2) is 5.25. The topological polar surface area (TPSA) is 102 Å². The number of hydrogen-bond acceptors (Lipinski definition) is 4. The molecule has 0 bridgehead atoms. The number of benzene rings is 1. The van der Waals surface area contributed by atoms with Gasteiger partial charge in [-0.3, -0.25) is 4.79 Å². The first-order chi connectivity index (χ1) is 8.94. The zero-order valence-corrected chi connectivity index (χ0v) is 10.7. The molecule has 2 rings (SSSR count). The number of rotatable bonds is 4. The van der Waals surface area contributed by atoms with Gasteiger partial charge < -0.3 is 9.73 Å². The molecule has 0 fully saturated rings. The lowest BCUT2D eigenvalue weighted by atomic mass is 10.2. The highest BCUT2D eigenvalue weighted by Crippen LogP contribution is 2.13. The van der Waals surface area contributed by atoms with Crippen molar-refractivity contribution in [1.82, 2.24) is 0 Å². The second-order valence-corrected chi connectivity index (χ2v) is 5.58. The second-order valence-electron chi connectivity index (χ2n) is 3.97. The van der Waals surface area contributed by atoms with Gasteiger partial charge in [-0.25, -0.2) is 13.6 Å². The van der Waals surface area contributed by atoms with Crippen LogP contribution in [0.2, 0.25) is 0 Å². The van der Waals surface area contributed by atoms with E-state index in [4.69, 9.17) is 9.56 Å². The van der Waals surface area contributed by atoms with E-state index >= 15 is 0 Å². The van der Waals surface area contributed by atoms with Crippen molar-refractivity contribution in [3.8, 4) is 0 Å². The molecular formula is C12H12N2O4S. The monoisotopic (exact) mass is 280 g/mol. The van der Waals surface area contributed by atoms with E-state index in [9.17, 15) is 13.2 Å². The van der Waals surface area contributed by atoms with Crippen molar-refractivity contribution in [2.45, 2.75) is 5.75 Å². The van der Waals surface area contributed by atoms with Gasteiger partial charge in [-0.15, -0.1) is 0 Å². The van der Waals surface area contributed by atoms with Crippen LogP contribution in [0.4, 0.5) is 5.69 Å². The van der Waals surface area contributed by atoms with Crippen LogP contribution in [0.25, 0.3) is 0 Å². The predicted molar refractivity (Wildman–Crippen MR) is 69.9 cm³/mol. The smallest absolute Gasteiger partial charge is 0.258 e. The highest BCUT2D eigenvalue weighted by Gasteiger charge is 2.08. The number of furan rings is 1. The maximum absolute atomic E-state index is 11.7. The highest BCUT2D eigenvalue weighted by atomic mass is 32.2. The minimum atomic E-state index is -3.55. The Morgan fingerprint density at radius 1 is 1.21 bits per heavy atom. The summed E-state index contributed by atoms with van der Waals surface area (Å²) in [5.74, 6) is -0.531. The van der Waals surface area contributed by atoms with Gasteiger partial charge in [0.05, 0.1) is 17.6 Å². The quantitative estimate of drug-likeness (QED) is 0.881. The van der Waals surface area contributed by atoms with Crippen molar-refractivity contribution in [1.29, 1.82) is 0 Å². The molecule has 7 heteroatoms. The summed E-state index contributed by atoms with van der Waals surface area (Å²) >= 11 is 0. The summed E-state index contributed by atoms with van der Waals surface area (Å²) in [6.45, 7) is 0. The maximum atomic E-state index is 11.7. The molecule has 1 amide bonds. The molecule has 0 aliphatic heterocycles. The van der Waals surface area contributed by atoms with E-state index in [1.807, 2.05) is 0 Å². The Morgan fingerprint density at radius 3 is 2.42 bits per heavy atom. The van der Waals surface area contributed by atoms with Crippen molar-refractivity contribution >= 4 is 21.6 Å². The average Bonchev–Trinajstić information content (AvgIpc) is 2.83. The molecule has 0 unspecified atom stereocenters. The van der Waals surface area contributed by atoms with Gasteiger partial charge in [0, 0.05) is 5.69 Å². The van der Waals surface area contributed by atoms with Gasteiger partial charge in [0.1, 0.15) is 6.26 Å². The molecule has 1 heterocycles. The number of sulfonamides is 1. The van der Waals surface area contributed by atoms with Gasteiger partial charge in [0.25, 0.3) is 5.91 Å². The summed E-state index contributed by atoms with van der Waals surface area (Å²) < 4.78 is 26.6. The molecule has 3 N–H and O–H groups in total. The Bertz CT molecular complexity index is 660. The predicted octanol–water partition coefficient (Wildman–Crippen LogP) is 1.32. The molecule has 2 aromatic rings. The van der Waals surface area contributed by atoms with E-state index in [2.05, 4.69) is 5.32 Å². The zero-order chi connectivity index (χ0) is 13.9. The van der Waals surface area contributed by atoms with E-state index in [0.717, 1.165) is 0 Å². The molecule has 100 valence electrons. The molecule has 0 radical (unpaired) electrons. The third-order valence-electron chi connectivity index (χ3n) is 2.36. The number of carbonyl (C=O) groups excluding carboxylic acids is 1. The van der Waals surface area contributed by atoms with Crippen LogP contribution in [-0.2, 0) is 15.8 Å². The van der Waals surface area contributed by atoms with Gasteiger partial charge in [0.2, 0.25) is 10.0 Å². The van der Waals surface area contributed by atoms with Crippen LogP contribution in [0.5, 0.6) is 0 Å². The largest absolute Gasteiger partial charge is 0.472 e. The van der Waals surface area contributed by atoms with Crippen LogP contribution >= 0.6 is 0 Å². The average molecular weight is 280 g/mol. The van der Waals surface area contributed by atoms with E-state index in [1.165, 1.54) is 12.5 Å². The van der Waals surface area contributed by atoms with Crippen molar-refractivity contribution in [3.05, 3.63) is 54.0 Å². The van der Waals surface area contributed by atoms with Crippen molar-refractivity contribution < 1.29 is 17.6 Å². The molecule has 19 heavy (non-hydrogen) atoms. The summed E-state index contributed by atoms with van der Waals surface area (Å²) in [6.07, 6.45) is 2.74. The molecule has 0 aliphatic rings. The number of anilines is 1. The van der Waals surface area contributed by atoms with Crippen LogP contribution in [0.15, 0.2) is 47.3 Å². The molecule has 0 saturated carbocycles. The molecule has 0 aliphatic carbocycles. The van der Waals surface area contributed by atoms with Crippen LogP contribution in [0.3, 0.4) is 0 Å². The summed E-state index contributed by atoms with van der Waals surface area (Å²) in [6, 6.07) is 7.95. The minimum Gasteiger partial charge on any atom is -0.472 e. The first-order valence-corrected chi connectivity index (χ1v) is 7.08. The van der Waals surface area contributed by atoms with E-state index in [-0.39, 0.29) is 11.7 Å². The summed E-state index contributed by atoms with van der Waals surface area (Å²) in [7, 11) is -3.55. The fraction of sp³-hybridized carbons (Fsp3) is 0.0833. The highest BCUT2D eigenvalue weighted by molar-refractivity contribution is 7.88. The molecular weight excluding hydrogens is 268 g/mol. The fourth-order valence-electron chi connectivity index (χ4n) is 1.51. The SMILES string of the molecule is NS(=O)(=O)Cc1ccc(NC(=O)c2ccoc2)cc1. The first-order valence-electron chi connectivity index (χ1n) is 5.37. The van der Waals surface area contributed by atoms with E-state index in [1.54, 1.807) is 30.3 Å². The first kappa shape index (κ1) is 13.3. The van der Waals surface area contributed by atoms with Gasteiger partial charge in [-0.2, -0.15) is 0 Å². The van der Waals surface area contributed by atoms with Gasteiger partial charge in [0.15, 0.2) is 0 Å². The number of amides is 1. The Balaban J connectivity index is 2.05. The number of carbonyl (C=O) groups is 1. The Labute approximate surface area is 110 Å². The van der Waals surface area contributed by atoms with Crippen LogP contribution < -0.4 is 10.5 Å². The Morgan fingerprint density at radius 2 is 1.89 bits per heavy atom. The standard InChI is InChI=1S/C12H12N2O4S/c13-19(16,17)8-9-1-3-11(4-2-9)14-12(15)10-5-6-18-7-10/h1-7H,8H2,(H,14,15)(H2,13,16,17). The number of primary sulfonamides is 1. The van der Waals surface area contributed by atoms with Crippen molar-refractivity contribution in [2.75, 3.05) is 5.32 Å². The maximum Gasteiger partial charge on any atom is 0.258 e. The fourth-order valence-corrected chi connectivity index (χ4v) is 2.17. The minimum absolute atomic E-state index is 0.233. The van der Waals surface area contributed by atoms with Crippen LogP contribution in [-0.4, -0.2) is 14.3 Å². The van der Waals surface area contributed by atoms with Gasteiger partial charge >= 0.3 is 0 Å². The van der Waals surface area contributed by atoms with Crippen LogP contribution in [0, 0.1) is 0 Å². The lowest BCUT2D eigenvalue weighted by Crippen LogP contribution is -2.14. The molecule has 1 aromatic carbocycles. The Hall–Kier alpha value is -2.12. The lowest BCUT2D eigenvalue weighted by molar-refractivity contribution is 0.102. The molecule has 6 nitrogen and oxygen atoms in total. The lowest BCUT2D eigenvalue weighted by Gasteiger charge is -2.05. The van der Waals surface area contributed by atoms with Crippen LogP contribution in [0.1, 0.15) is 15.9 Å². The summed E-state index contributed by atoms with van der Waals surface area (Å²) in [5.41, 5.74) is 1.53. The van der Waals surface area contributed by atoms with Gasteiger partial charge in [-0.05, 0) is 23.8 Å². The molecule has 0 saturated heterocycles. The van der Waals surface area contributed by atoms with E-state index < -0.39 is 10.0 Å². The van der Waals surface area contributed by atoms with E-state index in [0.29, 0.717) is 16.8 Å². The summed E-state index contributed by atoms with van der Waals surface area (Å²) in [4.78, 5) is 11.7. The van der Waals surface area contributed by atoms with Crippen molar-refractivity contribution in [2.24, 2.45) is 5.14 Å². The number of nitrogens with two attached hydrogens (primary N) is 1. The van der Waals surface area contributed by atoms with Crippen molar-refractivity contribution in [3.63, 3.8) is 0 Å². The third-order valence-corrected chi connectivity index (χ3v) is 3.10. The molecule has 1 aromatic heterocycles. The zero-order valence-electron chi connectivity index (χ0n) is 9.87. The Kier molecular flexibility index (Phi) is 3.68. The van der Waals surface area contributed by atoms with Gasteiger partial charge in [-0.1, -0.05) is 12.1 Å². The normalized spacial score (nSPS) is 11.2. The third kappa shape index (κ3) is 3.94. The summed E-state index contributed by atoms with van der Waals surface area (Å²) in [5, 5.41) is 7.60. The number of nitrogens with one attached hydrogen (secondary N) is 1.